The van der Waals surface area contributed by atoms with Crippen LogP contribution >= 0.6 is 24.0 Å². The number of thioether (sulfide) groups is 1. The molecular weight excluding hydrogens is 424 g/mol. The summed E-state index contributed by atoms with van der Waals surface area (Å²) in [5, 5.41) is 2.80. The third kappa shape index (κ3) is 4.27. The second kappa shape index (κ2) is 8.76. The fourth-order valence-electron chi connectivity index (χ4n) is 3.02. The van der Waals surface area contributed by atoms with E-state index in [0.717, 1.165) is 5.56 Å². The van der Waals surface area contributed by atoms with Crippen LogP contribution in [0.3, 0.4) is 0 Å². The number of fused-ring (bicyclic) bond motifs is 1. The van der Waals surface area contributed by atoms with Crippen LogP contribution in [-0.4, -0.2) is 41.5 Å². The van der Waals surface area contributed by atoms with Crippen molar-refractivity contribution in [1.29, 1.82) is 0 Å². The van der Waals surface area contributed by atoms with E-state index >= 15 is 0 Å². The van der Waals surface area contributed by atoms with Crippen molar-refractivity contribution in [3.05, 3.63) is 52.9 Å². The van der Waals surface area contributed by atoms with E-state index in [1.54, 1.807) is 30.3 Å². The molecule has 4 rings (SSSR count). The number of carbonyl (C=O) groups is 2. The standard InChI is InChI=1S/C21H18N2O5S2/c1-26-15-5-3-2-4-14(15)22-19(24)8-9-23-20(25)18(30-21(23)29)11-13-6-7-16-17(10-13)28-12-27-16/h2-7,10-11H,8-9,12H2,1H3,(H,22,24). The maximum atomic E-state index is 12.8. The number of nitrogens with one attached hydrogen (secondary N) is 1. The molecule has 1 saturated heterocycles. The van der Waals surface area contributed by atoms with Crippen molar-refractivity contribution >= 4 is 51.9 Å². The third-order valence-corrected chi connectivity index (χ3v) is 5.89. The SMILES string of the molecule is COc1ccccc1NC(=O)CCN1C(=O)C(=Cc2ccc3c(c2)OCO3)SC1=S. The molecule has 9 heteroatoms. The molecule has 0 unspecified atom stereocenters. The Kier molecular flexibility index (Phi) is 5.91. The number of thiocarbonyl (C=S) groups is 1. The normalized spacial score (nSPS) is 16.3. The molecule has 0 aliphatic carbocycles. The van der Waals surface area contributed by atoms with Crippen molar-refractivity contribution in [1.82, 2.24) is 4.90 Å². The highest BCUT2D eigenvalue weighted by atomic mass is 32.2. The molecule has 0 atom stereocenters. The Morgan fingerprint density at radius 3 is 2.90 bits per heavy atom. The molecule has 30 heavy (non-hydrogen) atoms. The highest BCUT2D eigenvalue weighted by Gasteiger charge is 2.32. The molecule has 2 aliphatic rings. The summed E-state index contributed by atoms with van der Waals surface area (Å²) in [5.41, 5.74) is 1.40. The van der Waals surface area contributed by atoms with Gasteiger partial charge in [0.1, 0.15) is 10.1 Å². The van der Waals surface area contributed by atoms with Gasteiger partial charge < -0.3 is 19.5 Å². The quantitative estimate of drug-likeness (QED) is 0.540. The fourth-order valence-corrected chi connectivity index (χ4v) is 4.33. The van der Waals surface area contributed by atoms with Crippen molar-refractivity contribution in [3.8, 4) is 17.2 Å². The van der Waals surface area contributed by atoms with Crippen molar-refractivity contribution in [2.24, 2.45) is 0 Å². The number of benzene rings is 2. The predicted octanol–water partition coefficient (Wildman–Crippen LogP) is 3.65. The van der Waals surface area contributed by atoms with Gasteiger partial charge in [0.25, 0.3) is 5.91 Å². The minimum absolute atomic E-state index is 0.113. The van der Waals surface area contributed by atoms with Crippen LogP contribution in [0.1, 0.15) is 12.0 Å². The number of rotatable bonds is 6. The van der Waals surface area contributed by atoms with Crippen LogP contribution in [0.2, 0.25) is 0 Å². The summed E-state index contributed by atoms with van der Waals surface area (Å²) in [4.78, 5) is 27.1. The van der Waals surface area contributed by atoms with Crippen LogP contribution in [-0.2, 0) is 9.59 Å². The molecule has 0 spiro atoms. The minimum Gasteiger partial charge on any atom is -0.495 e. The molecule has 154 valence electrons. The second-order valence-electron chi connectivity index (χ2n) is 6.44. The molecule has 2 aromatic carbocycles. The summed E-state index contributed by atoms with van der Waals surface area (Å²) >= 11 is 6.56. The number of hydrogen-bond acceptors (Lipinski definition) is 7. The summed E-state index contributed by atoms with van der Waals surface area (Å²) in [6.45, 7) is 0.391. The Morgan fingerprint density at radius 2 is 2.07 bits per heavy atom. The molecule has 2 aromatic rings. The van der Waals surface area contributed by atoms with Gasteiger partial charge in [0.2, 0.25) is 12.7 Å². The maximum Gasteiger partial charge on any atom is 0.266 e. The fraction of sp³-hybridized carbons (Fsp3) is 0.190. The van der Waals surface area contributed by atoms with Crippen LogP contribution < -0.4 is 19.5 Å². The monoisotopic (exact) mass is 442 g/mol. The molecule has 7 nitrogen and oxygen atoms in total. The Bertz CT molecular complexity index is 1050. The molecule has 0 aromatic heterocycles. The second-order valence-corrected chi connectivity index (χ2v) is 8.12. The minimum atomic E-state index is -0.228. The van der Waals surface area contributed by atoms with E-state index in [0.29, 0.717) is 32.2 Å². The summed E-state index contributed by atoms with van der Waals surface area (Å²) in [6, 6.07) is 12.6. The first-order valence-electron chi connectivity index (χ1n) is 9.13. The number of carbonyl (C=O) groups excluding carboxylic acids is 2. The number of amides is 2. The van der Waals surface area contributed by atoms with Gasteiger partial charge >= 0.3 is 0 Å². The van der Waals surface area contributed by atoms with Crippen LogP contribution in [0.5, 0.6) is 17.2 Å². The summed E-state index contributed by atoms with van der Waals surface area (Å²) < 4.78 is 16.3. The Hall–Kier alpha value is -3.04. The highest BCUT2D eigenvalue weighted by molar-refractivity contribution is 8.26. The van der Waals surface area contributed by atoms with E-state index in [2.05, 4.69) is 5.32 Å². The van der Waals surface area contributed by atoms with Crippen LogP contribution in [0, 0.1) is 0 Å². The third-order valence-electron chi connectivity index (χ3n) is 4.51. The predicted molar refractivity (Wildman–Crippen MR) is 119 cm³/mol. The lowest BCUT2D eigenvalue weighted by Crippen LogP contribution is -2.31. The van der Waals surface area contributed by atoms with Gasteiger partial charge in [-0.15, -0.1) is 0 Å². The van der Waals surface area contributed by atoms with Gasteiger partial charge in [0.15, 0.2) is 11.5 Å². The first kappa shape index (κ1) is 20.2. The number of hydrogen-bond donors (Lipinski definition) is 1. The maximum absolute atomic E-state index is 12.8. The average molecular weight is 443 g/mol. The van der Waals surface area contributed by atoms with Gasteiger partial charge in [-0.25, -0.2) is 0 Å². The van der Waals surface area contributed by atoms with Crippen molar-refractivity contribution in [3.63, 3.8) is 0 Å². The van der Waals surface area contributed by atoms with Gasteiger partial charge in [-0.05, 0) is 35.9 Å². The zero-order valence-electron chi connectivity index (χ0n) is 16.0. The molecule has 2 aliphatic heterocycles. The Balaban J connectivity index is 1.39. The Labute approximate surface area is 183 Å². The van der Waals surface area contributed by atoms with E-state index in [1.165, 1.54) is 23.8 Å². The van der Waals surface area contributed by atoms with E-state index in [-0.39, 0.29) is 31.6 Å². The zero-order valence-corrected chi connectivity index (χ0v) is 17.7. The van der Waals surface area contributed by atoms with Gasteiger partial charge in [0.05, 0.1) is 17.7 Å². The van der Waals surface area contributed by atoms with E-state index in [1.807, 2.05) is 18.2 Å². The van der Waals surface area contributed by atoms with Gasteiger partial charge in [0, 0.05) is 13.0 Å². The summed E-state index contributed by atoms with van der Waals surface area (Å²) in [6.07, 6.45) is 1.87. The van der Waals surface area contributed by atoms with E-state index in [9.17, 15) is 9.59 Å². The van der Waals surface area contributed by atoms with Crippen molar-refractivity contribution < 1.29 is 23.8 Å². The summed E-state index contributed by atoms with van der Waals surface area (Å²) in [7, 11) is 1.54. The molecular formula is C21H18N2O5S2. The van der Waals surface area contributed by atoms with Crippen LogP contribution in [0.25, 0.3) is 6.08 Å². The lowest BCUT2D eigenvalue weighted by Gasteiger charge is -2.15. The van der Waals surface area contributed by atoms with E-state index in [4.69, 9.17) is 26.4 Å². The van der Waals surface area contributed by atoms with Gasteiger partial charge in [-0.1, -0.05) is 42.2 Å². The lowest BCUT2D eigenvalue weighted by molar-refractivity contribution is -0.122. The van der Waals surface area contributed by atoms with Crippen molar-refractivity contribution in [2.45, 2.75) is 6.42 Å². The number of ether oxygens (including phenoxy) is 3. The molecule has 0 saturated carbocycles. The number of nitrogens with zero attached hydrogens (tertiary/aromatic N) is 1. The van der Waals surface area contributed by atoms with E-state index < -0.39 is 0 Å². The molecule has 2 heterocycles. The largest absolute Gasteiger partial charge is 0.495 e. The van der Waals surface area contributed by atoms with Crippen molar-refractivity contribution in [2.75, 3.05) is 25.8 Å². The smallest absolute Gasteiger partial charge is 0.266 e. The van der Waals surface area contributed by atoms with Gasteiger partial charge in [-0.3, -0.25) is 14.5 Å². The molecule has 1 fully saturated rings. The molecule has 2 amide bonds. The zero-order chi connectivity index (χ0) is 21.1. The highest BCUT2D eigenvalue weighted by Crippen LogP contribution is 2.36. The number of anilines is 1. The summed E-state index contributed by atoms with van der Waals surface area (Å²) in [5.74, 6) is 1.46. The molecule has 1 N–H and O–H groups in total. The molecule has 0 radical (unpaired) electrons. The van der Waals surface area contributed by atoms with Crippen LogP contribution in [0.4, 0.5) is 5.69 Å². The lowest BCUT2D eigenvalue weighted by atomic mass is 10.2. The Morgan fingerprint density at radius 1 is 1.27 bits per heavy atom. The number of methoxy groups -OCH3 is 1. The average Bonchev–Trinajstić information content (AvgIpc) is 3.31. The van der Waals surface area contributed by atoms with Crippen LogP contribution in [0.15, 0.2) is 47.4 Å². The number of para-hydroxylation sites is 2. The first-order valence-corrected chi connectivity index (χ1v) is 10.4. The topological polar surface area (TPSA) is 77.1 Å². The van der Waals surface area contributed by atoms with Gasteiger partial charge in [-0.2, -0.15) is 0 Å². The molecule has 0 bridgehead atoms. The first-order chi connectivity index (χ1) is 14.5.